The van der Waals surface area contributed by atoms with E-state index >= 15 is 0 Å². The molecule has 0 aromatic heterocycles. The second-order valence-corrected chi connectivity index (χ2v) is 3.61. The van der Waals surface area contributed by atoms with Crippen LogP contribution in [0, 0.1) is 5.92 Å². The van der Waals surface area contributed by atoms with E-state index in [9.17, 15) is 5.11 Å². The molecular formula is C8H19NO2. The van der Waals surface area contributed by atoms with Crippen molar-refractivity contribution in [1.82, 2.24) is 0 Å². The highest BCUT2D eigenvalue weighted by molar-refractivity contribution is 4.79. The van der Waals surface area contributed by atoms with Crippen LogP contribution in [0.2, 0.25) is 0 Å². The van der Waals surface area contributed by atoms with E-state index in [-0.39, 0.29) is 12.5 Å². The molecule has 0 aromatic carbocycles. The van der Waals surface area contributed by atoms with Crippen molar-refractivity contribution in [3.8, 4) is 0 Å². The summed E-state index contributed by atoms with van der Waals surface area (Å²) in [5.41, 5.74) is 4.41. The molecule has 0 aliphatic carbocycles. The van der Waals surface area contributed by atoms with Crippen LogP contribution in [0.3, 0.4) is 0 Å². The quantitative estimate of drug-likeness (QED) is 0.548. The molecule has 0 saturated carbocycles. The number of aliphatic hydroxyl groups is 2. The highest BCUT2D eigenvalue weighted by atomic mass is 16.3. The van der Waals surface area contributed by atoms with E-state index in [4.69, 9.17) is 10.8 Å². The Morgan fingerprint density at radius 3 is 2.18 bits per heavy atom. The van der Waals surface area contributed by atoms with Gasteiger partial charge in [-0.3, -0.25) is 0 Å². The number of rotatable bonds is 4. The van der Waals surface area contributed by atoms with Crippen molar-refractivity contribution in [3.05, 3.63) is 0 Å². The van der Waals surface area contributed by atoms with Crippen LogP contribution in [-0.4, -0.2) is 28.5 Å². The summed E-state index contributed by atoms with van der Waals surface area (Å²) < 4.78 is 0. The van der Waals surface area contributed by atoms with Crippen LogP contribution >= 0.6 is 0 Å². The van der Waals surface area contributed by atoms with Gasteiger partial charge in [-0.15, -0.1) is 0 Å². The minimum atomic E-state index is -0.807. The Morgan fingerprint density at radius 1 is 1.45 bits per heavy atom. The Labute approximate surface area is 68.2 Å². The van der Waals surface area contributed by atoms with Crippen LogP contribution in [0.5, 0.6) is 0 Å². The Kier molecular flexibility index (Phi) is 4.00. The van der Waals surface area contributed by atoms with Crippen LogP contribution in [0.1, 0.15) is 27.2 Å². The monoisotopic (exact) mass is 161 g/mol. The molecule has 3 nitrogen and oxygen atoms in total. The minimum Gasteiger partial charge on any atom is -0.392 e. The van der Waals surface area contributed by atoms with Crippen LogP contribution in [0.4, 0.5) is 0 Å². The van der Waals surface area contributed by atoms with Crippen molar-refractivity contribution in [1.29, 1.82) is 0 Å². The van der Waals surface area contributed by atoms with Gasteiger partial charge in [0.25, 0.3) is 0 Å². The van der Waals surface area contributed by atoms with Crippen molar-refractivity contribution in [2.24, 2.45) is 11.7 Å². The van der Waals surface area contributed by atoms with Crippen molar-refractivity contribution in [2.45, 2.75) is 38.9 Å². The zero-order chi connectivity index (χ0) is 9.07. The Bertz CT molecular complexity index is 113. The van der Waals surface area contributed by atoms with Gasteiger partial charge in [0.2, 0.25) is 0 Å². The van der Waals surface area contributed by atoms with Gasteiger partial charge in [0.15, 0.2) is 0 Å². The lowest BCUT2D eigenvalue weighted by molar-refractivity contribution is -0.0286. The molecule has 0 aromatic rings. The Balaban J connectivity index is 3.90. The zero-order valence-corrected chi connectivity index (χ0v) is 7.54. The molecule has 0 fully saturated rings. The predicted octanol–water partition coefficient (Wildman–Crippen LogP) is 0.103. The summed E-state index contributed by atoms with van der Waals surface area (Å²) >= 11 is 0. The molecule has 0 amide bonds. The summed E-state index contributed by atoms with van der Waals surface area (Å²) in [5, 5.41) is 18.8. The van der Waals surface area contributed by atoms with Crippen LogP contribution in [0.15, 0.2) is 0 Å². The number of hydrogen-bond donors (Lipinski definition) is 3. The van der Waals surface area contributed by atoms with Gasteiger partial charge >= 0.3 is 0 Å². The van der Waals surface area contributed by atoms with Gasteiger partial charge in [0.1, 0.15) is 0 Å². The third-order valence-electron chi connectivity index (χ3n) is 2.16. The maximum atomic E-state index is 9.68. The molecule has 11 heavy (non-hydrogen) atoms. The van der Waals surface area contributed by atoms with E-state index in [0.29, 0.717) is 6.42 Å². The zero-order valence-electron chi connectivity index (χ0n) is 7.54. The normalized spacial score (nSPS) is 19.9. The molecule has 3 heteroatoms. The van der Waals surface area contributed by atoms with Gasteiger partial charge in [-0.05, 0) is 12.8 Å². The van der Waals surface area contributed by atoms with E-state index in [1.54, 1.807) is 6.92 Å². The third kappa shape index (κ3) is 3.70. The molecule has 0 spiro atoms. The van der Waals surface area contributed by atoms with E-state index in [0.717, 1.165) is 0 Å². The SMILES string of the molecule is CC(C)[C@@](C)(O)C[C@H](O)CN. The summed E-state index contributed by atoms with van der Waals surface area (Å²) in [7, 11) is 0. The molecule has 0 aliphatic rings. The van der Waals surface area contributed by atoms with Crippen molar-refractivity contribution >= 4 is 0 Å². The van der Waals surface area contributed by atoms with E-state index in [1.165, 1.54) is 0 Å². The first-order valence-corrected chi connectivity index (χ1v) is 4.00. The van der Waals surface area contributed by atoms with Crippen molar-refractivity contribution in [3.63, 3.8) is 0 Å². The molecule has 0 radical (unpaired) electrons. The number of aliphatic hydroxyl groups excluding tert-OH is 1. The van der Waals surface area contributed by atoms with E-state index in [1.807, 2.05) is 13.8 Å². The van der Waals surface area contributed by atoms with Gasteiger partial charge in [-0.1, -0.05) is 13.8 Å². The highest BCUT2D eigenvalue weighted by Gasteiger charge is 2.27. The molecule has 68 valence electrons. The smallest absolute Gasteiger partial charge is 0.0689 e. The summed E-state index contributed by atoms with van der Waals surface area (Å²) in [6.07, 6.45) is -0.242. The van der Waals surface area contributed by atoms with Crippen molar-refractivity contribution < 1.29 is 10.2 Å². The fourth-order valence-electron chi connectivity index (χ4n) is 0.796. The van der Waals surface area contributed by atoms with Crippen LogP contribution in [0.25, 0.3) is 0 Å². The minimum absolute atomic E-state index is 0.142. The lowest BCUT2D eigenvalue weighted by Gasteiger charge is -2.29. The Hall–Kier alpha value is -0.120. The largest absolute Gasteiger partial charge is 0.392 e. The first-order valence-electron chi connectivity index (χ1n) is 4.00. The molecule has 0 rings (SSSR count). The molecule has 0 heterocycles. The lowest BCUT2D eigenvalue weighted by Crippen LogP contribution is -2.37. The summed E-state index contributed by atoms with van der Waals surface area (Å²) in [5.74, 6) is 0.142. The van der Waals surface area contributed by atoms with E-state index in [2.05, 4.69) is 0 Å². The molecule has 0 bridgehead atoms. The average Bonchev–Trinajstić information content (AvgIpc) is 1.86. The molecule has 2 atom stereocenters. The molecule has 0 saturated heterocycles. The van der Waals surface area contributed by atoms with Gasteiger partial charge in [-0.2, -0.15) is 0 Å². The first-order chi connectivity index (χ1) is 4.90. The number of nitrogens with two attached hydrogens (primary N) is 1. The standard InChI is InChI=1S/C8H19NO2/c1-6(2)8(3,11)4-7(10)5-9/h6-7,10-11H,4-5,9H2,1-3H3/t7-,8-/m0/s1. The Morgan fingerprint density at radius 2 is 1.91 bits per heavy atom. The molecule has 0 aliphatic heterocycles. The van der Waals surface area contributed by atoms with Crippen molar-refractivity contribution in [2.75, 3.05) is 6.54 Å². The fraction of sp³-hybridized carbons (Fsp3) is 1.00. The van der Waals surface area contributed by atoms with Gasteiger partial charge < -0.3 is 15.9 Å². The topological polar surface area (TPSA) is 66.5 Å². The first kappa shape index (κ1) is 10.9. The van der Waals surface area contributed by atoms with Crippen LogP contribution < -0.4 is 5.73 Å². The van der Waals surface area contributed by atoms with Gasteiger partial charge in [-0.25, -0.2) is 0 Å². The molecule has 0 unspecified atom stereocenters. The fourth-order valence-corrected chi connectivity index (χ4v) is 0.796. The highest BCUT2D eigenvalue weighted by Crippen LogP contribution is 2.21. The summed E-state index contributed by atoms with van der Waals surface area (Å²) in [4.78, 5) is 0. The second-order valence-electron chi connectivity index (χ2n) is 3.61. The third-order valence-corrected chi connectivity index (χ3v) is 2.16. The maximum absolute atomic E-state index is 9.68. The summed E-state index contributed by atoms with van der Waals surface area (Å²) in [6.45, 7) is 5.77. The number of hydrogen-bond acceptors (Lipinski definition) is 3. The predicted molar refractivity (Wildman–Crippen MR) is 45.1 cm³/mol. The van der Waals surface area contributed by atoms with E-state index < -0.39 is 11.7 Å². The van der Waals surface area contributed by atoms with Gasteiger partial charge in [0, 0.05) is 13.0 Å². The molecule has 4 N–H and O–H groups in total. The lowest BCUT2D eigenvalue weighted by atomic mass is 9.87. The maximum Gasteiger partial charge on any atom is 0.0689 e. The van der Waals surface area contributed by atoms with Crippen LogP contribution in [-0.2, 0) is 0 Å². The summed E-state index contributed by atoms with van der Waals surface area (Å²) in [6, 6.07) is 0. The second kappa shape index (κ2) is 4.04. The molecular weight excluding hydrogens is 142 g/mol. The van der Waals surface area contributed by atoms with Gasteiger partial charge in [0.05, 0.1) is 11.7 Å². The average molecular weight is 161 g/mol.